The molecule has 0 aliphatic heterocycles. The fourth-order valence-corrected chi connectivity index (χ4v) is 1.03. The molecule has 0 saturated carbocycles. The Morgan fingerprint density at radius 1 is 1.46 bits per heavy atom. The summed E-state index contributed by atoms with van der Waals surface area (Å²) in [5.41, 5.74) is 0.998. The van der Waals surface area contributed by atoms with E-state index in [9.17, 15) is 0 Å². The summed E-state index contributed by atoms with van der Waals surface area (Å²) in [7, 11) is 0. The molecule has 74 valence electrons. The third kappa shape index (κ3) is 4.08. The summed E-state index contributed by atoms with van der Waals surface area (Å²) < 4.78 is 7.49. The van der Waals surface area contributed by atoms with Crippen LogP contribution in [0, 0.1) is 6.92 Å². The summed E-state index contributed by atoms with van der Waals surface area (Å²) in [5, 5.41) is 4.27. The van der Waals surface area contributed by atoms with Crippen LogP contribution in [0.5, 0.6) is 0 Å². The van der Waals surface area contributed by atoms with Crippen molar-refractivity contribution in [2.45, 2.75) is 39.8 Å². The van der Waals surface area contributed by atoms with E-state index in [-0.39, 0.29) is 5.60 Å². The van der Waals surface area contributed by atoms with Crippen molar-refractivity contribution in [2.75, 3.05) is 6.61 Å². The van der Waals surface area contributed by atoms with Crippen LogP contribution in [0.4, 0.5) is 0 Å². The highest BCUT2D eigenvalue weighted by Crippen LogP contribution is 2.06. The molecule has 0 bridgehead atoms. The van der Waals surface area contributed by atoms with E-state index < -0.39 is 0 Å². The Hall–Kier alpha value is -0.830. The van der Waals surface area contributed by atoms with Crippen molar-refractivity contribution in [2.24, 2.45) is 0 Å². The minimum absolute atomic E-state index is 0.0534. The quantitative estimate of drug-likeness (QED) is 0.715. The molecule has 0 spiro atoms. The van der Waals surface area contributed by atoms with Crippen LogP contribution in [0.2, 0.25) is 0 Å². The standard InChI is InChI=1S/C10H18N2O/c1-9-5-6-12(11-9)7-8-13-10(2,3)4/h5-6H,7-8H2,1-4H3. The molecule has 0 atom stereocenters. The molecular formula is C10H18N2O. The highest BCUT2D eigenvalue weighted by molar-refractivity contribution is 4.94. The molecule has 0 N–H and O–H groups in total. The van der Waals surface area contributed by atoms with Gasteiger partial charge in [-0.3, -0.25) is 4.68 Å². The maximum atomic E-state index is 5.58. The highest BCUT2D eigenvalue weighted by atomic mass is 16.5. The molecule has 1 heterocycles. The highest BCUT2D eigenvalue weighted by Gasteiger charge is 2.09. The molecule has 0 aliphatic rings. The predicted molar refractivity (Wildman–Crippen MR) is 52.7 cm³/mol. The van der Waals surface area contributed by atoms with Gasteiger partial charge in [0, 0.05) is 6.20 Å². The number of hydrogen-bond acceptors (Lipinski definition) is 2. The number of aryl methyl sites for hydroxylation is 1. The second kappa shape index (κ2) is 3.92. The summed E-state index contributed by atoms with van der Waals surface area (Å²) >= 11 is 0. The van der Waals surface area contributed by atoms with Gasteiger partial charge in [0.15, 0.2) is 0 Å². The van der Waals surface area contributed by atoms with Crippen molar-refractivity contribution >= 4 is 0 Å². The number of rotatable bonds is 3. The first-order chi connectivity index (χ1) is 5.97. The zero-order chi connectivity index (χ0) is 9.90. The van der Waals surface area contributed by atoms with E-state index in [1.165, 1.54) is 0 Å². The molecule has 13 heavy (non-hydrogen) atoms. The van der Waals surface area contributed by atoms with Gasteiger partial charge in [-0.15, -0.1) is 0 Å². The van der Waals surface area contributed by atoms with Gasteiger partial charge in [0.1, 0.15) is 0 Å². The van der Waals surface area contributed by atoms with Crippen LogP contribution < -0.4 is 0 Å². The second-order valence-corrected chi connectivity index (χ2v) is 4.18. The number of ether oxygens (including phenoxy) is 1. The van der Waals surface area contributed by atoms with Gasteiger partial charge in [0.05, 0.1) is 24.4 Å². The second-order valence-electron chi connectivity index (χ2n) is 4.18. The molecule has 0 amide bonds. The van der Waals surface area contributed by atoms with Crippen molar-refractivity contribution in [3.63, 3.8) is 0 Å². The maximum Gasteiger partial charge on any atom is 0.0669 e. The summed E-state index contributed by atoms with van der Waals surface area (Å²) in [6, 6.07) is 2.00. The number of nitrogens with zero attached hydrogens (tertiary/aromatic N) is 2. The topological polar surface area (TPSA) is 27.1 Å². The Balaban J connectivity index is 2.28. The van der Waals surface area contributed by atoms with Crippen LogP contribution in [0.25, 0.3) is 0 Å². The molecule has 0 aromatic carbocycles. The van der Waals surface area contributed by atoms with Gasteiger partial charge in [-0.05, 0) is 33.8 Å². The molecular weight excluding hydrogens is 164 g/mol. The van der Waals surface area contributed by atoms with Crippen molar-refractivity contribution in [3.8, 4) is 0 Å². The third-order valence-electron chi connectivity index (χ3n) is 1.63. The average molecular weight is 182 g/mol. The van der Waals surface area contributed by atoms with Crippen LogP contribution in [-0.2, 0) is 11.3 Å². The van der Waals surface area contributed by atoms with Crippen LogP contribution in [0.15, 0.2) is 12.3 Å². The first kappa shape index (κ1) is 10.3. The SMILES string of the molecule is Cc1ccn(CCOC(C)(C)C)n1. The minimum atomic E-state index is -0.0534. The predicted octanol–water partition coefficient (Wildman–Crippen LogP) is 2.01. The molecule has 0 unspecified atom stereocenters. The van der Waals surface area contributed by atoms with E-state index in [2.05, 4.69) is 25.9 Å². The van der Waals surface area contributed by atoms with Crippen molar-refractivity contribution in [1.82, 2.24) is 9.78 Å². The Labute approximate surface area is 79.7 Å². The lowest BCUT2D eigenvalue weighted by molar-refractivity contribution is -0.00791. The fourth-order valence-electron chi connectivity index (χ4n) is 1.03. The molecule has 0 fully saturated rings. The van der Waals surface area contributed by atoms with Crippen LogP contribution in [0.1, 0.15) is 26.5 Å². The van der Waals surface area contributed by atoms with E-state index in [0.29, 0.717) is 6.61 Å². The molecule has 1 aromatic heterocycles. The van der Waals surface area contributed by atoms with E-state index in [1.54, 1.807) is 0 Å². The average Bonchev–Trinajstić information content (AvgIpc) is 2.33. The van der Waals surface area contributed by atoms with Gasteiger partial charge < -0.3 is 4.74 Å². The van der Waals surface area contributed by atoms with Gasteiger partial charge in [0.25, 0.3) is 0 Å². The van der Waals surface area contributed by atoms with Gasteiger partial charge in [0.2, 0.25) is 0 Å². The van der Waals surface area contributed by atoms with E-state index in [0.717, 1.165) is 12.2 Å². The lowest BCUT2D eigenvalue weighted by atomic mass is 10.2. The summed E-state index contributed by atoms with van der Waals surface area (Å²) in [6.07, 6.45) is 1.97. The lowest BCUT2D eigenvalue weighted by Gasteiger charge is -2.19. The molecule has 1 rings (SSSR count). The summed E-state index contributed by atoms with van der Waals surface area (Å²) in [6.45, 7) is 9.70. The molecule has 3 heteroatoms. The number of aromatic nitrogens is 2. The van der Waals surface area contributed by atoms with Crippen molar-refractivity contribution in [1.29, 1.82) is 0 Å². The van der Waals surface area contributed by atoms with Crippen LogP contribution in [-0.4, -0.2) is 22.0 Å². The minimum Gasteiger partial charge on any atom is -0.374 e. The zero-order valence-electron chi connectivity index (χ0n) is 8.87. The van der Waals surface area contributed by atoms with E-state index >= 15 is 0 Å². The molecule has 1 aromatic rings. The Kier molecular flexibility index (Phi) is 3.09. The maximum absolute atomic E-state index is 5.58. The molecule has 0 aliphatic carbocycles. The summed E-state index contributed by atoms with van der Waals surface area (Å²) in [4.78, 5) is 0. The zero-order valence-corrected chi connectivity index (χ0v) is 8.87. The Bertz CT molecular complexity index is 260. The van der Waals surface area contributed by atoms with E-state index in [1.807, 2.05) is 23.9 Å². The first-order valence-electron chi connectivity index (χ1n) is 4.61. The van der Waals surface area contributed by atoms with Gasteiger partial charge in [-0.25, -0.2) is 0 Å². The van der Waals surface area contributed by atoms with Gasteiger partial charge in [-0.1, -0.05) is 0 Å². The normalized spacial score (nSPS) is 12.0. The number of hydrogen-bond donors (Lipinski definition) is 0. The largest absolute Gasteiger partial charge is 0.374 e. The smallest absolute Gasteiger partial charge is 0.0669 e. The van der Waals surface area contributed by atoms with E-state index in [4.69, 9.17) is 4.74 Å². The van der Waals surface area contributed by atoms with Gasteiger partial charge in [-0.2, -0.15) is 5.10 Å². The molecule has 3 nitrogen and oxygen atoms in total. The monoisotopic (exact) mass is 182 g/mol. The Morgan fingerprint density at radius 3 is 2.62 bits per heavy atom. The van der Waals surface area contributed by atoms with Gasteiger partial charge >= 0.3 is 0 Å². The van der Waals surface area contributed by atoms with Crippen LogP contribution >= 0.6 is 0 Å². The first-order valence-corrected chi connectivity index (χ1v) is 4.61. The van der Waals surface area contributed by atoms with Crippen molar-refractivity contribution in [3.05, 3.63) is 18.0 Å². The van der Waals surface area contributed by atoms with Crippen molar-refractivity contribution < 1.29 is 4.74 Å². The Morgan fingerprint density at radius 2 is 2.15 bits per heavy atom. The lowest BCUT2D eigenvalue weighted by Crippen LogP contribution is -2.22. The van der Waals surface area contributed by atoms with Crippen LogP contribution in [0.3, 0.4) is 0 Å². The molecule has 0 saturated heterocycles. The summed E-state index contributed by atoms with van der Waals surface area (Å²) in [5.74, 6) is 0. The third-order valence-corrected chi connectivity index (χ3v) is 1.63. The molecule has 0 radical (unpaired) electrons. The fraction of sp³-hybridized carbons (Fsp3) is 0.700.